The number of aryl methyl sites for hydroxylation is 13. The van der Waals surface area contributed by atoms with Gasteiger partial charge in [0, 0.05) is 89.9 Å². The van der Waals surface area contributed by atoms with Crippen LogP contribution >= 0.6 is 11.8 Å². The van der Waals surface area contributed by atoms with Crippen LogP contribution in [0.4, 0.5) is 17.1 Å². The first-order valence-corrected chi connectivity index (χ1v) is 50.6. The molecule has 3 aliphatic rings. The van der Waals surface area contributed by atoms with Crippen LogP contribution < -0.4 is 9.64 Å². The number of nitrogens with zero attached hydrogens (tertiary/aromatic N) is 13. The van der Waals surface area contributed by atoms with Gasteiger partial charge in [0.25, 0.3) is 0 Å². The molecule has 22 rings (SSSR count). The van der Waals surface area contributed by atoms with Gasteiger partial charge in [-0.25, -0.2) is 0 Å². The number of rotatable bonds is 14. The zero-order chi connectivity index (χ0) is 97.5. The van der Waals surface area contributed by atoms with E-state index in [0.29, 0.717) is 66.8 Å². The maximum Gasteiger partial charge on any atom is 2.00 e. The van der Waals surface area contributed by atoms with Crippen LogP contribution in [0.1, 0.15) is 189 Å². The molecule has 0 atom stereocenters. The van der Waals surface area contributed by atoms with E-state index in [4.69, 9.17) is 34.6 Å². The fraction of sp³-hybridized carbons (Fsp3) is 0.238. The van der Waals surface area contributed by atoms with Gasteiger partial charge in [-0.15, -0.1) is 179 Å². The van der Waals surface area contributed by atoms with E-state index in [0.717, 1.165) is 155 Å². The molecule has 0 N–H and O–H groups in total. The number of hydrogen-bond acceptors (Lipinski definition) is 9. The van der Waals surface area contributed by atoms with Crippen molar-refractivity contribution < 1.29 is 67.9 Å². The Morgan fingerprint density at radius 2 is 0.521 bits per heavy atom. The maximum atomic E-state index is 6.29. The Morgan fingerprint density at radius 1 is 0.264 bits per heavy atom. The van der Waals surface area contributed by atoms with Crippen molar-refractivity contribution in [2.24, 2.45) is 11.8 Å². The van der Waals surface area contributed by atoms with Crippen molar-refractivity contribution in [3.05, 3.63) is 424 Å². The van der Waals surface area contributed by atoms with E-state index < -0.39 is 0 Å². The van der Waals surface area contributed by atoms with E-state index in [1.807, 2.05) is 42.5 Å². The van der Waals surface area contributed by atoms with Gasteiger partial charge in [0.15, 0.2) is 0 Å². The minimum absolute atomic E-state index is 0. The number of imidazole rings is 6. The van der Waals surface area contributed by atoms with Crippen LogP contribution in [0.15, 0.2) is 296 Å². The standard InChI is InChI=1S/C44H39N5.C44H46N4S.C38H34N4O.3Pt/c1-29(2)38-22-10-15-32(5)44(38)48-28-40-34-17-12-21-37(26-34)49(35-18-7-6-8-19-35)36-20-11-16-33(25-36)39-27-47(41(45-39)23-24-42(48)46-40)43-30(3)13-9-14-31(43)4;1-28(2)22-34-15-9-16-35(23-29(3)4)44(34)48-27-40-33-14-11-18-37(25-33)49-36-17-10-13-32(24-36)39-26-47(41(45-39)20-21-42(48)46-40)43-31(7)12-8-19-38(43)30(5)6;1-24(2)32-17-7-12-27(5)38(32)42-23-34-29-14-9-16-31(21-29)43-30-15-8-13-28(20-30)33-22-41(35(39-33)18-19-36(42)40-34)37-25(3)10-6-11-26(37)4;;;/h6-22,27-29H,23-24H2,1-5H3;8-19,26-30H,20-23H2,1-7H3;6-17,22-24H,18-19H2,1-5H3;;;/q3*-2;3*+2. The molecule has 0 unspecified atom stereocenters. The Bertz CT molecular complexity index is 7800. The molecule has 3 aliphatic heterocycles. The number of fused-ring (bicyclic) bond motifs is 30. The third kappa shape index (κ3) is 21.5. The number of para-hydroxylation sites is 7. The Hall–Kier alpha value is -12.9. The first kappa shape index (κ1) is 103. The second kappa shape index (κ2) is 44.4. The molecule has 0 amide bonds. The molecule has 730 valence electrons. The van der Waals surface area contributed by atoms with Crippen molar-refractivity contribution in [2.75, 3.05) is 4.90 Å². The van der Waals surface area contributed by atoms with Crippen LogP contribution in [0.25, 0.3) is 102 Å². The van der Waals surface area contributed by atoms with Crippen molar-refractivity contribution in [2.45, 2.75) is 197 Å². The summed E-state index contributed by atoms with van der Waals surface area (Å²) in [6.45, 7) is 38.1. The molecular formula is C126H119N13OPt3S. The Morgan fingerprint density at radius 3 is 0.833 bits per heavy atom. The predicted molar refractivity (Wildman–Crippen MR) is 574 cm³/mol. The van der Waals surface area contributed by atoms with Crippen molar-refractivity contribution in [3.63, 3.8) is 0 Å². The predicted octanol–water partition coefficient (Wildman–Crippen LogP) is 30.6. The largest absolute Gasteiger partial charge is 2.00 e. The molecule has 0 spiro atoms. The SMILES string of the molecule is Cc1cccc(C(C)C)c1-n1cc2nc1CCc1nc(cn1-c1c(CC(C)C)cccc1CC(C)C)-c1[c-]c(ccc1)Sc1[c-]c-2ccc1.Cc1cccc(C)c1-n1cc2nc1CCc1nc(cn1-c1c(C)cccc1C(C)C)-c1[c-]c(ccc1)N(c1ccccc1)c1[c-]c-2ccc1.Cc1cccc(C)c1-n1cc2nc1CCc1nc(cn1-c1c(C)cccc1C(C)C)-c1[c-]c(ccc1)Oc1[c-]c-2ccc1.[Pt+2].[Pt+2].[Pt+2]. The molecule has 0 saturated carbocycles. The maximum absolute atomic E-state index is 6.29. The first-order valence-electron chi connectivity index (χ1n) is 49.8. The number of ether oxygens (including phenoxy) is 1. The van der Waals surface area contributed by atoms with E-state index in [2.05, 4.69) is 430 Å². The van der Waals surface area contributed by atoms with E-state index in [1.54, 1.807) is 11.8 Å². The van der Waals surface area contributed by atoms with Gasteiger partial charge in [-0.3, -0.25) is 29.9 Å². The molecule has 18 heteroatoms. The second-order valence-electron chi connectivity index (χ2n) is 39.6. The van der Waals surface area contributed by atoms with Gasteiger partial charge in [-0.1, -0.05) is 219 Å². The van der Waals surface area contributed by atoms with E-state index in [1.165, 1.54) is 101 Å². The van der Waals surface area contributed by atoms with Crippen LogP contribution in [0.5, 0.6) is 11.5 Å². The van der Waals surface area contributed by atoms with E-state index in [-0.39, 0.29) is 63.2 Å². The minimum atomic E-state index is 0. The van der Waals surface area contributed by atoms with Crippen molar-refractivity contribution in [3.8, 4) is 113 Å². The van der Waals surface area contributed by atoms with Gasteiger partial charge >= 0.3 is 63.2 Å². The average molecular weight is 2450 g/mol. The quantitative estimate of drug-likeness (QED) is 0.0980. The topological polar surface area (TPSA) is 119 Å². The molecule has 6 aromatic heterocycles. The van der Waals surface area contributed by atoms with E-state index >= 15 is 0 Å². The molecule has 0 radical (unpaired) electrons. The number of anilines is 3. The molecule has 24 bridgehead atoms. The van der Waals surface area contributed by atoms with Crippen LogP contribution in [-0.4, -0.2) is 57.3 Å². The smallest absolute Gasteiger partial charge is 0.497 e. The molecule has 19 aromatic rings. The van der Waals surface area contributed by atoms with Gasteiger partial charge in [0.05, 0.1) is 34.1 Å². The molecule has 14 nitrogen and oxygen atoms in total. The van der Waals surface area contributed by atoms with Crippen LogP contribution in [0.3, 0.4) is 0 Å². The minimum Gasteiger partial charge on any atom is -0.497 e. The monoisotopic (exact) mass is 2450 g/mol. The van der Waals surface area contributed by atoms with Gasteiger partial charge in [0.2, 0.25) is 0 Å². The van der Waals surface area contributed by atoms with Gasteiger partial charge in [-0.2, -0.15) is 0 Å². The fourth-order valence-corrected chi connectivity index (χ4v) is 21.3. The van der Waals surface area contributed by atoms with Crippen molar-refractivity contribution >= 4 is 28.8 Å². The number of hydrogen-bond donors (Lipinski definition) is 0. The van der Waals surface area contributed by atoms with E-state index in [9.17, 15) is 0 Å². The van der Waals surface area contributed by atoms with Gasteiger partial charge < -0.3 is 37.0 Å². The summed E-state index contributed by atoms with van der Waals surface area (Å²) in [5.41, 5.74) is 36.4. The third-order valence-corrected chi connectivity index (χ3v) is 28.0. The van der Waals surface area contributed by atoms with Gasteiger partial charge in [0.1, 0.15) is 34.9 Å². The van der Waals surface area contributed by atoms with Gasteiger partial charge in [-0.05, 0) is 218 Å². The van der Waals surface area contributed by atoms with Crippen molar-refractivity contribution in [1.29, 1.82) is 0 Å². The van der Waals surface area contributed by atoms with Crippen LogP contribution in [-0.2, 0) is 115 Å². The zero-order valence-electron chi connectivity index (χ0n) is 84.8. The summed E-state index contributed by atoms with van der Waals surface area (Å²) in [6, 6.07) is 109. The summed E-state index contributed by atoms with van der Waals surface area (Å²) in [7, 11) is 0. The molecule has 0 aliphatic carbocycles. The normalized spacial score (nSPS) is 12.4. The summed E-state index contributed by atoms with van der Waals surface area (Å²) in [5, 5.41) is 0. The summed E-state index contributed by atoms with van der Waals surface area (Å²) < 4.78 is 20.2. The number of aromatic nitrogens is 12. The summed E-state index contributed by atoms with van der Waals surface area (Å²) in [6.07, 6.45) is 19.5. The Kier molecular flexibility index (Phi) is 31.6. The summed E-state index contributed by atoms with van der Waals surface area (Å²) in [4.78, 5) is 36.2. The molecule has 9 heterocycles. The molecule has 0 fully saturated rings. The Balaban J connectivity index is 0.000000147. The molecule has 13 aromatic carbocycles. The molecule has 144 heavy (non-hydrogen) atoms. The Labute approximate surface area is 896 Å². The fourth-order valence-electron chi connectivity index (χ4n) is 20.5. The van der Waals surface area contributed by atoms with Crippen molar-refractivity contribution in [1.82, 2.24) is 57.3 Å². The molecular weight excluding hydrogens is 2330 g/mol. The first-order chi connectivity index (χ1) is 68.3. The van der Waals surface area contributed by atoms with Crippen LogP contribution in [0.2, 0.25) is 0 Å². The van der Waals surface area contributed by atoms with Crippen LogP contribution in [0, 0.1) is 96.7 Å². The third-order valence-electron chi connectivity index (χ3n) is 27.1. The zero-order valence-corrected chi connectivity index (χ0v) is 92.4. The molecule has 0 saturated heterocycles. The summed E-state index contributed by atoms with van der Waals surface area (Å²) in [5.74, 6) is 9.49. The second-order valence-corrected chi connectivity index (χ2v) is 40.7. The number of benzene rings is 13. The average Bonchev–Trinajstić information content (AvgIpc) is 1.57. The summed E-state index contributed by atoms with van der Waals surface area (Å²) >= 11 is 1.68.